The van der Waals surface area contributed by atoms with Crippen molar-refractivity contribution < 1.29 is 27.6 Å². The predicted octanol–water partition coefficient (Wildman–Crippen LogP) is 5.71. The average Bonchev–Trinajstić information content (AvgIpc) is 2.98. The highest BCUT2D eigenvalue weighted by Gasteiger charge is 2.72. The molecular formula is C24H19Cl2F3N2O3. The van der Waals surface area contributed by atoms with Gasteiger partial charge in [-0.3, -0.25) is 19.3 Å². The van der Waals surface area contributed by atoms with E-state index in [2.05, 4.69) is 0 Å². The van der Waals surface area contributed by atoms with Gasteiger partial charge in [-0.2, -0.15) is 13.2 Å². The number of anilines is 1. The van der Waals surface area contributed by atoms with Crippen molar-refractivity contribution in [3.63, 3.8) is 0 Å². The molecule has 1 heterocycles. The van der Waals surface area contributed by atoms with Gasteiger partial charge in [0, 0.05) is 17.7 Å². The van der Waals surface area contributed by atoms with Crippen molar-refractivity contribution in [3.05, 3.63) is 75.4 Å². The summed E-state index contributed by atoms with van der Waals surface area (Å²) in [6, 6.07) is 11.1. The number of allylic oxidation sites excluding steroid dienone is 1. The first kappa shape index (κ1) is 24.3. The monoisotopic (exact) mass is 510 g/mol. The molecule has 5 nitrogen and oxygen atoms in total. The molecule has 2 aliphatic rings. The molecule has 0 saturated carbocycles. The van der Waals surface area contributed by atoms with E-state index < -0.39 is 40.3 Å². The number of ketones is 1. The Labute approximate surface area is 203 Å². The van der Waals surface area contributed by atoms with E-state index >= 15 is 0 Å². The van der Waals surface area contributed by atoms with Crippen LogP contribution in [0.5, 0.6) is 0 Å². The van der Waals surface area contributed by atoms with Crippen LogP contribution in [0, 0.1) is 5.41 Å². The van der Waals surface area contributed by atoms with Gasteiger partial charge in [0.25, 0.3) is 11.8 Å². The normalized spacial score (nSPS) is 22.1. The molecule has 4 rings (SSSR count). The third-order valence-corrected chi connectivity index (χ3v) is 6.68. The summed E-state index contributed by atoms with van der Waals surface area (Å²) in [6.45, 7) is 3.45. The Kier molecular flexibility index (Phi) is 5.81. The number of Topliss-reactive ketones (excluding diaryl/α,β-unsaturated/α-hetero) is 1. The van der Waals surface area contributed by atoms with E-state index in [1.807, 2.05) is 5.32 Å². The third kappa shape index (κ3) is 3.79. The van der Waals surface area contributed by atoms with Gasteiger partial charge in [-0.25, -0.2) is 0 Å². The van der Waals surface area contributed by atoms with E-state index in [1.54, 1.807) is 19.9 Å². The van der Waals surface area contributed by atoms with Crippen LogP contribution in [0.3, 0.4) is 0 Å². The number of nitrogens with zero attached hydrogens (tertiary/aromatic N) is 1. The van der Waals surface area contributed by atoms with Gasteiger partial charge in [0.15, 0.2) is 5.78 Å². The highest BCUT2D eigenvalue weighted by molar-refractivity contribution is 6.42. The van der Waals surface area contributed by atoms with Crippen molar-refractivity contribution in [1.29, 1.82) is 0 Å². The van der Waals surface area contributed by atoms with E-state index in [0.717, 1.165) is 4.90 Å². The first-order valence-electron chi connectivity index (χ1n) is 10.3. The second kappa shape index (κ2) is 8.13. The van der Waals surface area contributed by atoms with Crippen LogP contribution in [0.1, 0.15) is 37.0 Å². The highest BCUT2D eigenvalue weighted by Crippen LogP contribution is 2.53. The number of rotatable bonds is 3. The summed E-state index contributed by atoms with van der Waals surface area (Å²) in [5.74, 6) is -3.49. The van der Waals surface area contributed by atoms with Crippen molar-refractivity contribution in [2.45, 2.75) is 38.4 Å². The van der Waals surface area contributed by atoms with E-state index in [-0.39, 0.29) is 39.8 Å². The molecule has 2 aromatic carbocycles. The van der Waals surface area contributed by atoms with Gasteiger partial charge in [0.2, 0.25) is 5.54 Å². The first-order chi connectivity index (χ1) is 15.8. The van der Waals surface area contributed by atoms with Gasteiger partial charge in [-0.05, 0) is 42.2 Å². The van der Waals surface area contributed by atoms with Gasteiger partial charge >= 0.3 is 6.18 Å². The summed E-state index contributed by atoms with van der Waals surface area (Å²) in [4.78, 5) is 40.6. The van der Waals surface area contributed by atoms with Crippen LogP contribution in [0.25, 0.3) is 0 Å². The number of carbonyl (C=O) groups excluding carboxylic acids is 3. The molecule has 178 valence electrons. The first-order valence-corrected chi connectivity index (χ1v) is 11.0. The van der Waals surface area contributed by atoms with Crippen LogP contribution < -0.4 is 10.2 Å². The number of benzene rings is 2. The third-order valence-electron chi connectivity index (χ3n) is 5.94. The maximum Gasteiger partial charge on any atom is 0.425 e. The summed E-state index contributed by atoms with van der Waals surface area (Å²) < 4.78 is 44.4. The maximum absolute atomic E-state index is 14.8. The average molecular weight is 511 g/mol. The van der Waals surface area contributed by atoms with E-state index in [1.165, 1.54) is 42.5 Å². The molecule has 2 amide bonds. The van der Waals surface area contributed by atoms with Gasteiger partial charge in [-0.1, -0.05) is 55.2 Å². The lowest BCUT2D eigenvalue weighted by Crippen LogP contribution is -2.66. The minimum absolute atomic E-state index is 0.000897. The molecule has 0 radical (unpaired) electrons. The molecule has 0 bridgehead atoms. The van der Waals surface area contributed by atoms with Gasteiger partial charge in [0.05, 0.1) is 21.3 Å². The fourth-order valence-corrected chi connectivity index (χ4v) is 4.77. The molecule has 1 unspecified atom stereocenters. The Morgan fingerprint density at radius 1 is 1.00 bits per heavy atom. The zero-order valence-corrected chi connectivity index (χ0v) is 19.6. The Bertz CT molecular complexity index is 1240. The number of halogens is 5. The molecule has 0 aromatic heterocycles. The molecule has 1 atom stereocenters. The van der Waals surface area contributed by atoms with Crippen LogP contribution >= 0.6 is 23.2 Å². The zero-order chi connectivity index (χ0) is 25.1. The quantitative estimate of drug-likeness (QED) is 0.574. The molecule has 2 aromatic rings. The predicted molar refractivity (Wildman–Crippen MR) is 122 cm³/mol. The molecule has 1 aliphatic heterocycles. The molecule has 1 N–H and O–H groups in total. The molecular weight excluding hydrogens is 492 g/mol. The lowest BCUT2D eigenvalue weighted by Gasteiger charge is -2.35. The summed E-state index contributed by atoms with van der Waals surface area (Å²) in [7, 11) is 0. The molecule has 10 heteroatoms. The van der Waals surface area contributed by atoms with Crippen molar-refractivity contribution >= 4 is 46.5 Å². The largest absolute Gasteiger partial charge is 0.425 e. The number of hydrogen-bond acceptors (Lipinski definition) is 3. The molecule has 0 spiro atoms. The summed E-state index contributed by atoms with van der Waals surface area (Å²) in [6.07, 6.45) is -5.52. The topological polar surface area (TPSA) is 66.5 Å². The van der Waals surface area contributed by atoms with Crippen molar-refractivity contribution in [2.24, 2.45) is 5.41 Å². The Balaban J connectivity index is 1.96. The minimum atomic E-state index is -5.31. The maximum atomic E-state index is 14.8. The Hall–Kier alpha value is -2.84. The number of amides is 2. The Morgan fingerprint density at radius 3 is 2.24 bits per heavy atom. The second-order valence-corrected chi connectivity index (χ2v) is 9.88. The summed E-state index contributed by atoms with van der Waals surface area (Å²) >= 11 is 12.0. The van der Waals surface area contributed by atoms with Gasteiger partial charge in [-0.15, -0.1) is 0 Å². The standard InChI is InChI=1S/C24H19Cl2F3N2O3/c1-22(2)11-17-19(18(32)12-22)23(24(27,28)29,30-20(33)13-6-4-3-5-7-13)21(34)31(17)14-8-9-15(25)16(26)10-14/h3-10H,11-12H2,1-2H3,(H,30,33). The lowest BCUT2D eigenvalue weighted by atomic mass is 9.72. The fraction of sp³-hybridized carbons (Fsp3) is 0.292. The molecule has 1 aliphatic carbocycles. The number of alkyl halides is 3. The van der Waals surface area contributed by atoms with Crippen LogP contribution in [-0.2, 0) is 9.59 Å². The zero-order valence-electron chi connectivity index (χ0n) is 18.1. The van der Waals surface area contributed by atoms with Crippen LogP contribution in [0.15, 0.2) is 59.8 Å². The van der Waals surface area contributed by atoms with Crippen LogP contribution in [0.2, 0.25) is 10.0 Å². The van der Waals surface area contributed by atoms with Crippen molar-refractivity contribution in [3.8, 4) is 0 Å². The summed E-state index contributed by atoms with van der Waals surface area (Å²) in [5, 5.41) is 2.05. The minimum Gasteiger partial charge on any atom is -0.326 e. The molecule has 0 saturated heterocycles. The smallest absolute Gasteiger partial charge is 0.326 e. The Morgan fingerprint density at radius 2 is 1.65 bits per heavy atom. The second-order valence-electron chi connectivity index (χ2n) is 9.07. The van der Waals surface area contributed by atoms with Crippen LogP contribution in [0.4, 0.5) is 18.9 Å². The molecule has 34 heavy (non-hydrogen) atoms. The number of hydrogen-bond donors (Lipinski definition) is 1. The lowest BCUT2D eigenvalue weighted by molar-refractivity contribution is -0.186. The number of carbonyl (C=O) groups is 3. The van der Waals surface area contributed by atoms with E-state index in [4.69, 9.17) is 23.2 Å². The van der Waals surface area contributed by atoms with Gasteiger partial charge < -0.3 is 5.32 Å². The SMILES string of the molecule is CC1(C)CC(=O)C2=C(C1)N(c1ccc(Cl)c(Cl)c1)C(=O)C2(NC(=O)c1ccccc1)C(F)(F)F. The van der Waals surface area contributed by atoms with E-state index in [0.29, 0.717) is 0 Å². The van der Waals surface area contributed by atoms with Crippen molar-refractivity contribution in [2.75, 3.05) is 4.90 Å². The molecule has 0 fully saturated rings. The number of nitrogens with one attached hydrogen (secondary N) is 1. The van der Waals surface area contributed by atoms with E-state index in [9.17, 15) is 27.6 Å². The van der Waals surface area contributed by atoms with Gasteiger partial charge in [0.1, 0.15) is 0 Å². The van der Waals surface area contributed by atoms with Crippen molar-refractivity contribution in [1.82, 2.24) is 5.32 Å². The highest BCUT2D eigenvalue weighted by atomic mass is 35.5. The summed E-state index contributed by atoms with van der Waals surface area (Å²) in [5.41, 5.74) is -5.21. The van der Waals surface area contributed by atoms with Crippen LogP contribution in [-0.4, -0.2) is 29.3 Å². The fourth-order valence-electron chi connectivity index (χ4n) is 4.48.